The molecule has 0 fully saturated rings. The van der Waals surface area contributed by atoms with E-state index in [1.54, 1.807) is 34.2 Å². The quantitative estimate of drug-likeness (QED) is 0.115. The third-order valence-electron chi connectivity index (χ3n) is 8.84. The molecule has 0 saturated carbocycles. The van der Waals surface area contributed by atoms with Crippen molar-refractivity contribution in [2.75, 3.05) is 39.6 Å². The Kier molecular flexibility index (Phi) is 15.0. The highest BCUT2D eigenvalue weighted by Crippen LogP contribution is 2.43. The van der Waals surface area contributed by atoms with Crippen molar-refractivity contribution in [3.63, 3.8) is 0 Å². The Morgan fingerprint density at radius 1 is 0.889 bits per heavy atom. The monoisotopic (exact) mass is 777 g/mol. The van der Waals surface area contributed by atoms with Gasteiger partial charge in [0.1, 0.15) is 17.0 Å². The zero-order valence-electron chi connectivity index (χ0n) is 32.1. The van der Waals surface area contributed by atoms with Crippen molar-refractivity contribution in [3.8, 4) is 28.3 Å². The molecule has 0 bridgehead atoms. The summed E-state index contributed by atoms with van der Waals surface area (Å²) >= 11 is 14.0. The highest BCUT2D eigenvalue weighted by Gasteiger charge is 2.22. The molecular weight excluding hydrogens is 729 g/mol. The number of unbranched alkanes of at least 4 members (excludes halogenated alkanes) is 1. The fourth-order valence-corrected chi connectivity index (χ4v) is 6.73. The molecule has 0 aliphatic heterocycles. The highest BCUT2D eigenvalue weighted by atomic mass is 35.5. The van der Waals surface area contributed by atoms with Crippen LogP contribution in [-0.4, -0.2) is 64.4 Å². The number of nitrogens with zero attached hydrogens (tertiary/aromatic N) is 5. The standard InChI is InChI=1S/C30H26Cl2N6O3.C7H17N3O.C2H6/c1-15-33-26(23-27(34-15)37(2)30(40)38(3)29(23)39)35-21-13-7-11-19(25(21)32)18-10-6-12-20(24(18)31)22-14-16-8-5-9-17(16)28(36-22)41-4;1-8-5-3-4-6-10-7(11)9-2;1-2/h6-7,10-14H,5,8-9H2,1-4H3,(H,33,34,35);8H,3-6H2,1-2H3,(H2,9,10,11);1-2H3. The lowest BCUT2D eigenvalue weighted by Crippen LogP contribution is -2.37. The van der Waals surface area contributed by atoms with Crippen molar-refractivity contribution in [1.82, 2.24) is 40.0 Å². The maximum atomic E-state index is 13.1. The molecule has 0 radical (unpaired) electrons. The number of ether oxygens (including phenoxy) is 1. The largest absolute Gasteiger partial charge is 0.481 e. The Labute approximate surface area is 325 Å². The topological polar surface area (TPSA) is 157 Å². The number of hydrogen-bond acceptors (Lipinski definition) is 9. The van der Waals surface area contributed by atoms with E-state index in [-0.39, 0.29) is 22.9 Å². The molecule has 1 aliphatic carbocycles. The van der Waals surface area contributed by atoms with Crippen molar-refractivity contribution >= 4 is 51.8 Å². The zero-order chi connectivity index (χ0) is 39.5. The van der Waals surface area contributed by atoms with Gasteiger partial charge in [-0.2, -0.15) is 0 Å². The zero-order valence-corrected chi connectivity index (χ0v) is 33.6. The molecule has 0 unspecified atom stereocenters. The minimum Gasteiger partial charge on any atom is -0.481 e. The Hall–Kier alpha value is -4.98. The fraction of sp³-hybridized carbons (Fsp3) is 0.385. The number of nitrogens with one attached hydrogen (secondary N) is 4. The number of rotatable bonds is 10. The first kappa shape index (κ1) is 41.8. The highest BCUT2D eigenvalue weighted by molar-refractivity contribution is 6.39. The summed E-state index contributed by atoms with van der Waals surface area (Å²) in [7, 11) is 8.16. The first-order valence-electron chi connectivity index (χ1n) is 18.0. The molecule has 288 valence electrons. The number of anilines is 2. The molecule has 13 nitrogen and oxygen atoms in total. The number of pyridine rings is 1. The number of aromatic nitrogens is 5. The van der Waals surface area contributed by atoms with E-state index in [0.29, 0.717) is 33.0 Å². The average molecular weight is 779 g/mol. The van der Waals surface area contributed by atoms with Gasteiger partial charge in [0.05, 0.1) is 28.5 Å². The molecule has 2 amide bonds. The molecule has 5 aromatic rings. The summed E-state index contributed by atoms with van der Waals surface area (Å²) in [5, 5.41) is 12.5. The molecule has 4 N–H and O–H groups in total. The van der Waals surface area contributed by atoms with Crippen molar-refractivity contribution in [2.24, 2.45) is 14.1 Å². The number of methoxy groups -OCH3 is 1. The predicted molar refractivity (Wildman–Crippen MR) is 219 cm³/mol. The Bertz CT molecular complexity index is 2240. The van der Waals surface area contributed by atoms with E-state index in [1.807, 2.05) is 51.2 Å². The summed E-state index contributed by atoms with van der Waals surface area (Å²) in [6, 6.07) is 13.2. The lowest BCUT2D eigenvalue weighted by atomic mass is 9.99. The van der Waals surface area contributed by atoms with Gasteiger partial charge in [-0.15, -0.1) is 0 Å². The number of fused-ring (bicyclic) bond motifs is 2. The number of benzene rings is 2. The lowest BCUT2D eigenvalue weighted by molar-refractivity contribution is 0.242. The van der Waals surface area contributed by atoms with Gasteiger partial charge < -0.3 is 26.0 Å². The average Bonchev–Trinajstić information content (AvgIpc) is 3.66. The van der Waals surface area contributed by atoms with Crippen LogP contribution in [-0.2, 0) is 26.9 Å². The van der Waals surface area contributed by atoms with Crippen molar-refractivity contribution < 1.29 is 9.53 Å². The van der Waals surface area contributed by atoms with Gasteiger partial charge in [-0.25, -0.2) is 24.5 Å². The lowest BCUT2D eigenvalue weighted by Gasteiger charge is -2.16. The summed E-state index contributed by atoms with van der Waals surface area (Å²) < 4.78 is 7.94. The molecular formula is C39H49Cl2N9O4. The van der Waals surface area contributed by atoms with Crippen molar-refractivity contribution in [3.05, 3.63) is 90.3 Å². The molecule has 0 spiro atoms. The summed E-state index contributed by atoms with van der Waals surface area (Å²) in [6.45, 7) is 7.45. The maximum absolute atomic E-state index is 13.1. The van der Waals surface area contributed by atoms with Crippen LogP contribution in [0.5, 0.6) is 5.88 Å². The van der Waals surface area contributed by atoms with Gasteiger partial charge >= 0.3 is 11.7 Å². The van der Waals surface area contributed by atoms with Crippen LogP contribution in [0, 0.1) is 6.92 Å². The van der Waals surface area contributed by atoms with Crippen LogP contribution >= 0.6 is 23.2 Å². The van der Waals surface area contributed by atoms with E-state index < -0.39 is 11.2 Å². The Morgan fingerprint density at radius 2 is 1.56 bits per heavy atom. The van der Waals surface area contributed by atoms with E-state index in [4.69, 9.17) is 32.9 Å². The third kappa shape index (κ3) is 9.20. The molecule has 54 heavy (non-hydrogen) atoms. The van der Waals surface area contributed by atoms with Gasteiger partial charge in [0.25, 0.3) is 5.56 Å². The van der Waals surface area contributed by atoms with Crippen LogP contribution in [0.25, 0.3) is 33.4 Å². The number of aryl methyl sites for hydroxylation is 3. The predicted octanol–water partition coefficient (Wildman–Crippen LogP) is 6.55. The normalized spacial score (nSPS) is 11.5. The number of carbonyl (C=O) groups is 1. The summed E-state index contributed by atoms with van der Waals surface area (Å²) in [5.74, 6) is 1.28. The van der Waals surface area contributed by atoms with E-state index >= 15 is 0 Å². The number of hydrogen-bond donors (Lipinski definition) is 4. The Morgan fingerprint density at radius 3 is 2.24 bits per heavy atom. The second-order valence-corrected chi connectivity index (χ2v) is 13.1. The fourth-order valence-electron chi connectivity index (χ4n) is 6.13. The van der Waals surface area contributed by atoms with Gasteiger partial charge in [-0.3, -0.25) is 13.9 Å². The third-order valence-corrected chi connectivity index (χ3v) is 9.65. The van der Waals surface area contributed by atoms with Crippen LogP contribution in [0.3, 0.4) is 0 Å². The van der Waals surface area contributed by atoms with E-state index in [1.165, 1.54) is 17.2 Å². The van der Waals surface area contributed by atoms with Gasteiger partial charge in [0.2, 0.25) is 5.88 Å². The van der Waals surface area contributed by atoms with Crippen LogP contribution < -0.4 is 37.3 Å². The molecule has 15 heteroatoms. The van der Waals surface area contributed by atoms with Crippen LogP contribution in [0.15, 0.2) is 52.1 Å². The van der Waals surface area contributed by atoms with Gasteiger partial charge in [-0.05, 0) is 70.3 Å². The van der Waals surface area contributed by atoms with E-state index in [2.05, 4.69) is 37.3 Å². The minimum atomic E-state index is -0.508. The molecule has 3 heterocycles. The molecule has 1 aliphatic rings. The molecule has 2 aromatic carbocycles. The molecule has 0 atom stereocenters. The molecule has 0 saturated heterocycles. The first-order valence-corrected chi connectivity index (χ1v) is 18.7. The number of carbonyl (C=O) groups excluding carboxylic acids is 1. The summed E-state index contributed by atoms with van der Waals surface area (Å²) in [5.41, 5.74) is 5.07. The molecule has 6 rings (SSSR count). The molecule has 3 aromatic heterocycles. The maximum Gasteiger partial charge on any atom is 0.332 e. The first-order chi connectivity index (χ1) is 26.0. The van der Waals surface area contributed by atoms with Crippen LogP contribution in [0.1, 0.15) is 50.1 Å². The van der Waals surface area contributed by atoms with Crippen LogP contribution in [0.2, 0.25) is 10.0 Å². The number of urea groups is 1. The van der Waals surface area contributed by atoms with Crippen LogP contribution in [0.4, 0.5) is 16.3 Å². The number of halogens is 2. The second kappa shape index (κ2) is 19.4. The smallest absolute Gasteiger partial charge is 0.332 e. The summed E-state index contributed by atoms with van der Waals surface area (Å²) in [6.07, 6.45) is 5.13. The summed E-state index contributed by atoms with van der Waals surface area (Å²) in [4.78, 5) is 49.8. The van der Waals surface area contributed by atoms with Crippen molar-refractivity contribution in [1.29, 1.82) is 0 Å². The minimum absolute atomic E-state index is 0.102. The SMILES string of the molecule is CC.CNCCCCNC(=O)NC.COc1nc(-c2cccc(-c3cccc(Nc4nc(C)nc5c4c(=O)n(C)c(=O)n5C)c3Cl)c2Cl)cc2c1CCC2. The van der Waals surface area contributed by atoms with Gasteiger partial charge in [0.15, 0.2) is 5.65 Å². The van der Waals surface area contributed by atoms with E-state index in [0.717, 1.165) is 72.1 Å². The number of amides is 2. The van der Waals surface area contributed by atoms with Gasteiger partial charge in [0, 0.05) is 49.9 Å². The Balaban J connectivity index is 0.000000432. The van der Waals surface area contributed by atoms with Gasteiger partial charge in [-0.1, -0.05) is 67.4 Å². The van der Waals surface area contributed by atoms with Crippen molar-refractivity contribution in [2.45, 2.75) is 52.9 Å². The second-order valence-electron chi connectivity index (χ2n) is 12.3. The van der Waals surface area contributed by atoms with E-state index in [9.17, 15) is 14.4 Å².